The molecule has 0 N–H and O–H groups in total. The predicted molar refractivity (Wildman–Crippen MR) is 144 cm³/mol. The number of ether oxygens (including phenoxy) is 4. The van der Waals surface area contributed by atoms with Crippen molar-refractivity contribution in [1.82, 2.24) is 9.88 Å². The molecule has 10 heteroatoms. The zero-order valence-corrected chi connectivity index (χ0v) is 22.4. The Hall–Kier alpha value is -2.85. The van der Waals surface area contributed by atoms with Crippen molar-refractivity contribution in [1.29, 1.82) is 0 Å². The molecule has 1 fully saturated rings. The summed E-state index contributed by atoms with van der Waals surface area (Å²) in [6, 6.07) is 7.37. The summed E-state index contributed by atoms with van der Waals surface area (Å²) in [4.78, 5) is 22.3. The highest BCUT2D eigenvalue weighted by Gasteiger charge is 2.21. The van der Waals surface area contributed by atoms with Crippen molar-refractivity contribution < 1.29 is 23.7 Å². The minimum absolute atomic E-state index is 0.167. The Morgan fingerprint density at radius 3 is 2.47 bits per heavy atom. The second-order valence-electron chi connectivity index (χ2n) is 8.30. The number of aryl methyl sites for hydroxylation is 1. The zero-order valence-electron chi connectivity index (χ0n) is 20.9. The molecular formula is C26H30ClN3O5S. The topological polar surface area (TPSA) is 73.4 Å². The molecule has 1 aliphatic rings. The molecular weight excluding hydrogens is 502 g/mol. The number of amides is 1. The minimum atomic E-state index is -0.167. The molecule has 1 aromatic heterocycles. The summed E-state index contributed by atoms with van der Waals surface area (Å²) >= 11 is 7.73. The van der Waals surface area contributed by atoms with Crippen molar-refractivity contribution in [2.75, 3.05) is 65.6 Å². The van der Waals surface area contributed by atoms with Crippen molar-refractivity contribution in [2.45, 2.75) is 6.92 Å². The fourth-order valence-corrected chi connectivity index (χ4v) is 5.53. The molecule has 1 aliphatic heterocycles. The summed E-state index contributed by atoms with van der Waals surface area (Å²) in [6.07, 6.45) is 3.29. The maximum atomic E-state index is 13.5. The lowest BCUT2D eigenvalue weighted by molar-refractivity contribution is -0.114. The van der Waals surface area contributed by atoms with Gasteiger partial charge in [0.1, 0.15) is 0 Å². The number of aromatic nitrogens is 1. The van der Waals surface area contributed by atoms with Crippen molar-refractivity contribution in [3.8, 4) is 17.2 Å². The van der Waals surface area contributed by atoms with E-state index in [1.807, 2.05) is 19.1 Å². The Labute approximate surface area is 220 Å². The molecule has 8 nitrogen and oxygen atoms in total. The van der Waals surface area contributed by atoms with Gasteiger partial charge < -0.3 is 18.9 Å². The first-order valence-electron chi connectivity index (χ1n) is 11.6. The molecule has 0 unspecified atom stereocenters. The number of rotatable bonds is 9. The van der Waals surface area contributed by atoms with Crippen LogP contribution in [0.25, 0.3) is 16.3 Å². The fourth-order valence-electron chi connectivity index (χ4n) is 4.08. The molecule has 0 radical (unpaired) electrons. The number of methoxy groups -OCH3 is 3. The highest BCUT2D eigenvalue weighted by Crippen LogP contribution is 2.38. The Morgan fingerprint density at radius 2 is 1.83 bits per heavy atom. The van der Waals surface area contributed by atoms with Crippen LogP contribution in [-0.4, -0.2) is 76.5 Å². The Bertz CT molecular complexity index is 1230. The van der Waals surface area contributed by atoms with Gasteiger partial charge in [-0.05, 0) is 48.4 Å². The highest BCUT2D eigenvalue weighted by molar-refractivity contribution is 7.22. The molecule has 0 aliphatic carbocycles. The van der Waals surface area contributed by atoms with E-state index < -0.39 is 0 Å². The monoisotopic (exact) mass is 531 g/mol. The van der Waals surface area contributed by atoms with Crippen LogP contribution >= 0.6 is 22.9 Å². The summed E-state index contributed by atoms with van der Waals surface area (Å²) in [5, 5.41) is 1.30. The molecule has 0 atom stereocenters. The summed E-state index contributed by atoms with van der Waals surface area (Å²) in [5.41, 5.74) is 2.59. The molecule has 4 rings (SSSR count). The van der Waals surface area contributed by atoms with Crippen LogP contribution in [0.4, 0.5) is 5.13 Å². The maximum Gasteiger partial charge on any atom is 0.252 e. The van der Waals surface area contributed by atoms with Gasteiger partial charge in [0, 0.05) is 37.3 Å². The van der Waals surface area contributed by atoms with E-state index in [2.05, 4.69) is 4.90 Å². The third kappa shape index (κ3) is 5.92. The smallest absolute Gasteiger partial charge is 0.252 e. The quantitative estimate of drug-likeness (QED) is 0.372. The summed E-state index contributed by atoms with van der Waals surface area (Å²) in [5.74, 6) is 1.37. The van der Waals surface area contributed by atoms with Crippen LogP contribution in [0.2, 0.25) is 5.02 Å². The summed E-state index contributed by atoms with van der Waals surface area (Å²) < 4.78 is 22.7. The Balaban J connectivity index is 1.63. The van der Waals surface area contributed by atoms with Crippen LogP contribution in [-0.2, 0) is 9.53 Å². The molecule has 1 saturated heterocycles. The number of morpholine rings is 1. The van der Waals surface area contributed by atoms with Gasteiger partial charge in [0.15, 0.2) is 16.6 Å². The second kappa shape index (κ2) is 11.9. The summed E-state index contributed by atoms with van der Waals surface area (Å²) in [6.45, 7) is 6.30. The first-order chi connectivity index (χ1) is 17.4. The van der Waals surface area contributed by atoms with Crippen molar-refractivity contribution in [3.05, 3.63) is 46.5 Å². The van der Waals surface area contributed by atoms with E-state index >= 15 is 0 Å². The van der Waals surface area contributed by atoms with Gasteiger partial charge in [0.05, 0.1) is 44.8 Å². The number of carbonyl (C=O) groups is 1. The van der Waals surface area contributed by atoms with Crippen LogP contribution in [0.3, 0.4) is 0 Å². The molecule has 2 aromatic carbocycles. The van der Waals surface area contributed by atoms with E-state index in [-0.39, 0.29) is 5.91 Å². The number of nitrogens with zero attached hydrogens (tertiary/aromatic N) is 3. The molecule has 192 valence electrons. The lowest BCUT2D eigenvalue weighted by Crippen LogP contribution is -2.42. The van der Waals surface area contributed by atoms with Gasteiger partial charge in [-0.15, -0.1) is 0 Å². The van der Waals surface area contributed by atoms with Crippen LogP contribution in [0.15, 0.2) is 30.3 Å². The number of fused-ring (bicyclic) bond motifs is 1. The largest absolute Gasteiger partial charge is 0.493 e. The zero-order chi connectivity index (χ0) is 25.7. The number of hydrogen-bond acceptors (Lipinski definition) is 8. The summed E-state index contributed by atoms with van der Waals surface area (Å²) in [7, 11) is 4.67. The van der Waals surface area contributed by atoms with Gasteiger partial charge in [0.2, 0.25) is 5.75 Å². The molecule has 1 amide bonds. The van der Waals surface area contributed by atoms with Gasteiger partial charge >= 0.3 is 0 Å². The normalized spacial score (nSPS) is 14.4. The van der Waals surface area contributed by atoms with Crippen molar-refractivity contribution >= 4 is 50.3 Å². The van der Waals surface area contributed by atoms with Gasteiger partial charge in [-0.1, -0.05) is 22.9 Å². The Morgan fingerprint density at radius 1 is 1.14 bits per heavy atom. The minimum Gasteiger partial charge on any atom is -0.493 e. The fraction of sp³-hybridized carbons (Fsp3) is 0.385. The van der Waals surface area contributed by atoms with Crippen LogP contribution < -0.4 is 19.1 Å². The number of anilines is 1. The molecule has 2 heterocycles. The molecule has 0 bridgehead atoms. The van der Waals surface area contributed by atoms with Crippen molar-refractivity contribution in [2.24, 2.45) is 0 Å². The van der Waals surface area contributed by atoms with Gasteiger partial charge in [-0.2, -0.15) is 0 Å². The number of thiazole rings is 1. The van der Waals surface area contributed by atoms with E-state index in [4.69, 9.17) is 35.5 Å². The molecule has 3 aromatic rings. The van der Waals surface area contributed by atoms with Crippen LogP contribution in [0.1, 0.15) is 11.1 Å². The third-order valence-corrected chi connectivity index (χ3v) is 7.23. The van der Waals surface area contributed by atoms with E-state index in [0.29, 0.717) is 47.2 Å². The molecule has 36 heavy (non-hydrogen) atoms. The average molecular weight is 532 g/mol. The second-order valence-corrected chi connectivity index (χ2v) is 9.75. The van der Waals surface area contributed by atoms with Crippen molar-refractivity contribution in [3.63, 3.8) is 0 Å². The standard InChI is InChI=1S/C26H30ClN3O5S/c1-17-13-19(27)16-22-24(17)28-26(36-22)30(8-7-29-9-11-35-12-10-29)23(31)6-5-18-14-20(32-2)25(34-4)21(15-18)33-3/h5-6,13-16H,7-12H2,1-4H3. The Kier molecular flexibility index (Phi) is 8.68. The van der Waals surface area contributed by atoms with Gasteiger partial charge in [-0.25, -0.2) is 4.98 Å². The molecule has 0 spiro atoms. The van der Waals surface area contributed by atoms with Crippen LogP contribution in [0.5, 0.6) is 17.2 Å². The third-order valence-electron chi connectivity index (χ3n) is 5.98. The highest BCUT2D eigenvalue weighted by atomic mass is 35.5. The number of halogens is 1. The average Bonchev–Trinajstić information content (AvgIpc) is 3.31. The van der Waals surface area contributed by atoms with Crippen LogP contribution in [0, 0.1) is 6.92 Å². The first-order valence-corrected chi connectivity index (χ1v) is 12.8. The maximum absolute atomic E-state index is 13.5. The van der Waals surface area contributed by atoms with E-state index in [0.717, 1.165) is 41.0 Å². The number of benzene rings is 2. The first kappa shape index (κ1) is 26.2. The lowest BCUT2D eigenvalue weighted by atomic mass is 10.1. The number of hydrogen-bond donors (Lipinski definition) is 0. The van der Waals surface area contributed by atoms with E-state index in [9.17, 15) is 4.79 Å². The number of carbonyl (C=O) groups excluding carboxylic acids is 1. The molecule has 0 saturated carbocycles. The lowest BCUT2D eigenvalue weighted by Gasteiger charge is -2.28. The van der Waals surface area contributed by atoms with E-state index in [1.165, 1.54) is 11.3 Å². The SMILES string of the molecule is COc1cc(C=CC(=O)N(CCN2CCOCC2)c2nc3c(C)cc(Cl)cc3s2)cc(OC)c1OC. The van der Waals surface area contributed by atoms with Gasteiger partial charge in [0.25, 0.3) is 5.91 Å². The predicted octanol–water partition coefficient (Wildman–Crippen LogP) is 4.66. The van der Waals surface area contributed by atoms with E-state index in [1.54, 1.807) is 50.5 Å². The van der Waals surface area contributed by atoms with Gasteiger partial charge in [-0.3, -0.25) is 14.6 Å².